The molecule has 0 saturated heterocycles. The summed E-state index contributed by atoms with van der Waals surface area (Å²) in [6.07, 6.45) is 6.37. The minimum absolute atomic E-state index is 0.218. The zero-order valence-corrected chi connectivity index (χ0v) is 21.9. The van der Waals surface area contributed by atoms with E-state index in [-0.39, 0.29) is 23.5 Å². The number of benzene rings is 3. The number of ether oxygens (including phenoxy) is 3. The van der Waals surface area contributed by atoms with Crippen LogP contribution in [0.3, 0.4) is 0 Å². The number of amides is 1. The molecule has 0 bridgehead atoms. The predicted octanol–water partition coefficient (Wildman–Crippen LogP) is 5.25. The molecule has 39 heavy (non-hydrogen) atoms. The van der Waals surface area contributed by atoms with Crippen LogP contribution in [0.4, 0.5) is 4.79 Å². The van der Waals surface area contributed by atoms with Crippen molar-refractivity contribution in [1.29, 1.82) is 0 Å². The molecule has 3 aromatic carbocycles. The minimum Gasteiger partial charge on any atom is -0.465 e. The van der Waals surface area contributed by atoms with Crippen molar-refractivity contribution in [3.05, 3.63) is 108 Å². The Morgan fingerprint density at radius 1 is 0.974 bits per heavy atom. The molecule has 198 valence electrons. The summed E-state index contributed by atoms with van der Waals surface area (Å²) in [5, 5.41) is 5.52. The van der Waals surface area contributed by atoms with Gasteiger partial charge < -0.3 is 14.2 Å². The normalized spacial score (nSPS) is 21.4. The number of carbonyl (C=O) groups is 2. The van der Waals surface area contributed by atoms with Crippen LogP contribution < -0.4 is 0 Å². The molecule has 1 aromatic heterocycles. The number of methoxy groups -OCH3 is 2. The van der Waals surface area contributed by atoms with E-state index < -0.39 is 5.97 Å². The van der Waals surface area contributed by atoms with Crippen molar-refractivity contribution < 1.29 is 23.8 Å². The summed E-state index contributed by atoms with van der Waals surface area (Å²) in [5.74, 6) is -0.411. The van der Waals surface area contributed by atoms with Crippen LogP contribution in [-0.4, -0.2) is 54.1 Å². The summed E-state index contributed by atoms with van der Waals surface area (Å²) >= 11 is 0. The molecule has 6 rings (SSSR count). The minimum atomic E-state index is -0.411. The first-order valence-corrected chi connectivity index (χ1v) is 12.8. The van der Waals surface area contributed by atoms with E-state index in [4.69, 9.17) is 14.2 Å². The van der Waals surface area contributed by atoms with Gasteiger partial charge in [0.15, 0.2) is 0 Å². The SMILES string of the molecule is COCC12CN(C(=O)OCc3ccccc3)C=CC1(c1ccc(-n3cc4cccc(C(=O)OC)c4n3)cc1)C2. The summed E-state index contributed by atoms with van der Waals surface area (Å²) in [7, 11) is 3.06. The molecule has 0 N–H and O–H groups in total. The molecule has 0 radical (unpaired) electrons. The lowest BCUT2D eigenvalue weighted by molar-refractivity contribution is 0.0602. The maximum absolute atomic E-state index is 12.9. The maximum Gasteiger partial charge on any atom is 0.414 e. The third-order valence-corrected chi connectivity index (χ3v) is 7.90. The molecule has 1 aliphatic carbocycles. The molecule has 2 aliphatic rings. The molecule has 4 aromatic rings. The first kappa shape index (κ1) is 24.9. The topological polar surface area (TPSA) is 82.9 Å². The largest absolute Gasteiger partial charge is 0.465 e. The van der Waals surface area contributed by atoms with Gasteiger partial charge in [0.2, 0.25) is 0 Å². The highest BCUT2D eigenvalue weighted by molar-refractivity contribution is 6.02. The highest BCUT2D eigenvalue weighted by atomic mass is 16.6. The number of allylic oxidation sites excluding steroid dienone is 1. The van der Waals surface area contributed by atoms with Crippen LogP contribution in [0.5, 0.6) is 0 Å². The number of aromatic nitrogens is 2. The Labute approximate surface area is 226 Å². The van der Waals surface area contributed by atoms with Crippen LogP contribution in [0.2, 0.25) is 0 Å². The molecule has 2 unspecified atom stereocenters. The smallest absolute Gasteiger partial charge is 0.414 e. The highest BCUT2D eigenvalue weighted by Crippen LogP contribution is 2.67. The second-order valence-electron chi connectivity index (χ2n) is 10.2. The number of carbonyl (C=O) groups excluding carboxylic acids is 2. The quantitative estimate of drug-likeness (QED) is 0.308. The fourth-order valence-electron chi connectivity index (χ4n) is 5.82. The molecular weight excluding hydrogens is 494 g/mol. The second kappa shape index (κ2) is 9.71. The molecule has 0 spiro atoms. The van der Waals surface area contributed by atoms with Crippen molar-refractivity contribution in [3.8, 4) is 5.69 Å². The number of hydrogen-bond donors (Lipinski definition) is 0. The first-order valence-electron chi connectivity index (χ1n) is 12.8. The lowest BCUT2D eigenvalue weighted by Gasteiger charge is -2.33. The highest BCUT2D eigenvalue weighted by Gasteiger charge is 2.68. The van der Waals surface area contributed by atoms with Crippen molar-refractivity contribution in [3.63, 3.8) is 0 Å². The van der Waals surface area contributed by atoms with Gasteiger partial charge >= 0.3 is 12.1 Å². The molecule has 1 aliphatic heterocycles. The van der Waals surface area contributed by atoms with Gasteiger partial charge in [0.25, 0.3) is 0 Å². The summed E-state index contributed by atoms with van der Waals surface area (Å²) in [5.41, 5.74) is 3.58. The van der Waals surface area contributed by atoms with Crippen molar-refractivity contribution in [2.24, 2.45) is 5.41 Å². The summed E-state index contributed by atoms with van der Waals surface area (Å²) < 4.78 is 17.9. The van der Waals surface area contributed by atoms with Gasteiger partial charge in [-0.25, -0.2) is 14.3 Å². The number of esters is 1. The van der Waals surface area contributed by atoms with Gasteiger partial charge in [-0.2, -0.15) is 5.10 Å². The van der Waals surface area contributed by atoms with Crippen molar-refractivity contribution in [2.75, 3.05) is 27.4 Å². The summed E-state index contributed by atoms with van der Waals surface area (Å²) in [6, 6.07) is 23.4. The average Bonchev–Trinajstić information content (AvgIpc) is 3.44. The summed E-state index contributed by atoms with van der Waals surface area (Å²) in [6.45, 7) is 1.29. The fourth-order valence-corrected chi connectivity index (χ4v) is 5.82. The average molecular weight is 524 g/mol. The van der Waals surface area contributed by atoms with Gasteiger partial charge in [-0.15, -0.1) is 0 Å². The summed E-state index contributed by atoms with van der Waals surface area (Å²) in [4.78, 5) is 26.7. The Hall–Kier alpha value is -4.43. The van der Waals surface area contributed by atoms with E-state index in [0.717, 1.165) is 28.6 Å². The molecule has 8 heteroatoms. The molecule has 1 fully saturated rings. The third-order valence-electron chi connectivity index (χ3n) is 7.90. The zero-order valence-electron chi connectivity index (χ0n) is 21.9. The van der Waals surface area contributed by atoms with Gasteiger partial charge in [-0.1, -0.05) is 60.7 Å². The van der Waals surface area contributed by atoms with Crippen LogP contribution >= 0.6 is 0 Å². The van der Waals surface area contributed by atoms with E-state index in [9.17, 15) is 9.59 Å². The van der Waals surface area contributed by atoms with Gasteiger partial charge in [0, 0.05) is 42.3 Å². The van der Waals surface area contributed by atoms with Crippen molar-refractivity contribution in [1.82, 2.24) is 14.7 Å². The van der Waals surface area contributed by atoms with Gasteiger partial charge in [0.05, 0.1) is 25.0 Å². The first-order chi connectivity index (χ1) is 19.0. The van der Waals surface area contributed by atoms with Gasteiger partial charge in [0.1, 0.15) is 12.1 Å². The van der Waals surface area contributed by atoms with E-state index in [1.165, 1.54) is 7.11 Å². The van der Waals surface area contributed by atoms with Gasteiger partial charge in [-0.05, 0) is 35.7 Å². The fraction of sp³-hybridized carbons (Fsp3) is 0.258. The molecule has 1 saturated carbocycles. The monoisotopic (exact) mass is 523 g/mol. The van der Waals surface area contributed by atoms with E-state index in [2.05, 4.69) is 23.3 Å². The Morgan fingerprint density at radius 3 is 2.51 bits per heavy atom. The van der Waals surface area contributed by atoms with Crippen LogP contribution in [0.15, 0.2) is 91.3 Å². The number of rotatable bonds is 7. The molecule has 1 amide bonds. The lowest BCUT2D eigenvalue weighted by Crippen LogP contribution is -2.40. The van der Waals surface area contributed by atoms with Gasteiger partial charge in [-0.3, -0.25) is 4.90 Å². The Morgan fingerprint density at radius 2 is 1.77 bits per heavy atom. The molecule has 8 nitrogen and oxygen atoms in total. The standard InChI is InChI=1S/C31H29N3O5/c1-37-21-30-19-31(30,15-16-33(20-30)29(36)39-18-22-7-4-3-5-8-22)24-11-13-25(14-12-24)34-17-23-9-6-10-26(27(23)32-34)28(35)38-2/h3-17H,18-21H2,1-2H3. The van der Waals surface area contributed by atoms with Crippen molar-refractivity contribution >= 4 is 23.0 Å². The molecule has 2 heterocycles. The third kappa shape index (κ3) is 4.27. The Bertz CT molecular complexity index is 1560. The van der Waals surface area contributed by atoms with E-state index in [0.29, 0.717) is 24.2 Å². The lowest BCUT2D eigenvalue weighted by atomic mass is 9.84. The van der Waals surface area contributed by atoms with Crippen LogP contribution in [0.1, 0.15) is 27.9 Å². The van der Waals surface area contributed by atoms with Crippen LogP contribution in [0.25, 0.3) is 16.6 Å². The van der Waals surface area contributed by atoms with Crippen LogP contribution in [0, 0.1) is 5.41 Å². The number of fused-ring (bicyclic) bond motifs is 2. The number of nitrogens with zero attached hydrogens (tertiary/aromatic N) is 3. The molecular formula is C31H29N3O5. The zero-order chi connectivity index (χ0) is 27.0. The molecule has 2 atom stereocenters. The van der Waals surface area contributed by atoms with Crippen molar-refractivity contribution in [2.45, 2.75) is 18.4 Å². The maximum atomic E-state index is 12.9. The van der Waals surface area contributed by atoms with E-state index >= 15 is 0 Å². The number of hydrogen-bond acceptors (Lipinski definition) is 6. The Balaban J connectivity index is 1.23. The van der Waals surface area contributed by atoms with E-state index in [1.807, 2.05) is 67.0 Å². The Kier molecular flexibility index (Phi) is 6.19. The van der Waals surface area contributed by atoms with Crippen LogP contribution in [-0.2, 0) is 26.2 Å². The predicted molar refractivity (Wildman–Crippen MR) is 145 cm³/mol. The van der Waals surface area contributed by atoms with E-state index in [1.54, 1.807) is 22.8 Å². The second-order valence-corrected chi connectivity index (χ2v) is 10.2.